The number of fused-ring (bicyclic) bond motifs is 7. The van der Waals surface area contributed by atoms with Crippen molar-refractivity contribution in [1.29, 1.82) is 0 Å². The Balaban J connectivity index is 1.17. The molecule has 192 valence electrons. The van der Waals surface area contributed by atoms with Crippen molar-refractivity contribution >= 4 is 54.9 Å². The Hall–Kier alpha value is -5.61. The zero-order chi connectivity index (χ0) is 26.9. The van der Waals surface area contributed by atoms with Gasteiger partial charge in [0.05, 0.1) is 11.0 Å². The number of hydrogen-bond acceptors (Lipinski definition) is 3. The number of hydrogen-bond donors (Lipinski definition) is 0. The average Bonchev–Trinajstić information content (AvgIpc) is 3.71. The molecule has 0 N–H and O–H groups in total. The minimum absolute atomic E-state index is 0.833. The number of furan rings is 2. The molecule has 3 heterocycles. The summed E-state index contributed by atoms with van der Waals surface area (Å²) in [5, 5.41) is 4.41. The van der Waals surface area contributed by atoms with E-state index >= 15 is 0 Å². The SMILES string of the molecule is c1ccc(-c2nc3ccccc3n2-c2ccc(-c3ccc4oc5cc6oc7ccccc7c6cc5c4c3)cc2)cc1. The summed E-state index contributed by atoms with van der Waals surface area (Å²) in [6.07, 6.45) is 0. The molecule has 41 heavy (non-hydrogen) atoms. The lowest BCUT2D eigenvalue weighted by Crippen LogP contribution is -1.97. The first kappa shape index (κ1) is 22.2. The first-order valence-electron chi connectivity index (χ1n) is 13.7. The number of nitrogens with zero attached hydrogens (tertiary/aromatic N) is 2. The highest BCUT2D eigenvalue weighted by Gasteiger charge is 2.16. The van der Waals surface area contributed by atoms with Gasteiger partial charge in [-0.25, -0.2) is 4.98 Å². The highest BCUT2D eigenvalue weighted by atomic mass is 16.3. The third-order valence-corrected chi connectivity index (χ3v) is 8.02. The molecule has 0 radical (unpaired) electrons. The van der Waals surface area contributed by atoms with E-state index in [-0.39, 0.29) is 0 Å². The molecule has 6 aromatic carbocycles. The second-order valence-electron chi connectivity index (χ2n) is 10.4. The molecule has 0 bridgehead atoms. The van der Waals surface area contributed by atoms with Crippen molar-refractivity contribution in [3.05, 3.63) is 133 Å². The van der Waals surface area contributed by atoms with Crippen LogP contribution in [-0.4, -0.2) is 9.55 Å². The summed E-state index contributed by atoms with van der Waals surface area (Å²) in [6, 6.07) is 46.2. The Bertz CT molecular complexity index is 2410. The highest BCUT2D eigenvalue weighted by Crippen LogP contribution is 2.38. The Kier molecular flexibility index (Phi) is 4.58. The molecule has 0 aliphatic carbocycles. The fraction of sp³-hybridized carbons (Fsp3) is 0. The van der Waals surface area contributed by atoms with Crippen LogP contribution >= 0.6 is 0 Å². The van der Waals surface area contributed by atoms with E-state index in [0.29, 0.717) is 0 Å². The van der Waals surface area contributed by atoms with Gasteiger partial charge in [0.2, 0.25) is 0 Å². The lowest BCUT2D eigenvalue weighted by atomic mass is 10.0. The number of imidazole rings is 1. The Morgan fingerprint density at radius 1 is 0.439 bits per heavy atom. The van der Waals surface area contributed by atoms with E-state index in [9.17, 15) is 0 Å². The molecule has 9 rings (SSSR count). The van der Waals surface area contributed by atoms with E-state index in [4.69, 9.17) is 13.8 Å². The van der Waals surface area contributed by atoms with Crippen LogP contribution in [0.3, 0.4) is 0 Å². The highest BCUT2D eigenvalue weighted by molar-refractivity contribution is 6.15. The molecule has 0 aliphatic heterocycles. The fourth-order valence-corrected chi connectivity index (χ4v) is 6.05. The van der Waals surface area contributed by atoms with Gasteiger partial charge in [0.15, 0.2) is 0 Å². The molecule has 0 amide bonds. The van der Waals surface area contributed by atoms with Crippen LogP contribution in [0.5, 0.6) is 0 Å². The molecule has 0 saturated heterocycles. The van der Waals surface area contributed by atoms with E-state index < -0.39 is 0 Å². The van der Waals surface area contributed by atoms with Crippen LogP contribution in [0.4, 0.5) is 0 Å². The Morgan fingerprint density at radius 2 is 1.10 bits per heavy atom. The molecule has 0 spiro atoms. The van der Waals surface area contributed by atoms with Gasteiger partial charge in [0.25, 0.3) is 0 Å². The van der Waals surface area contributed by atoms with E-state index in [1.807, 2.05) is 36.4 Å². The van der Waals surface area contributed by atoms with Gasteiger partial charge in [-0.15, -0.1) is 0 Å². The first-order chi connectivity index (χ1) is 20.3. The maximum absolute atomic E-state index is 6.24. The van der Waals surface area contributed by atoms with Gasteiger partial charge in [0, 0.05) is 38.9 Å². The molecule has 0 atom stereocenters. The van der Waals surface area contributed by atoms with Crippen LogP contribution in [0.1, 0.15) is 0 Å². The summed E-state index contributed by atoms with van der Waals surface area (Å²) in [5.74, 6) is 0.934. The summed E-state index contributed by atoms with van der Waals surface area (Å²) < 4.78 is 14.6. The predicted molar refractivity (Wildman–Crippen MR) is 166 cm³/mol. The van der Waals surface area contributed by atoms with Gasteiger partial charge in [-0.2, -0.15) is 0 Å². The normalized spacial score (nSPS) is 11.9. The van der Waals surface area contributed by atoms with Crippen molar-refractivity contribution in [2.75, 3.05) is 0 Å². The molecule has 0 unspecified atom stereocenters. The van der Waals surface area contributed by atoms with Gasteiger partial charge in [-0.1, -0.05) is 78.9 Å². The smallest absolute Gasteiger partial charge is 0.145 e. The third kappa shape index (κ3) is 3.38. The maximum atomic E-state index is 6.24. The monoisotopic (exact) mass is 526 g/mol. The fourth-order valence-electron chi connectivity index (χ4n) is 6.05. The zero-order valence-corrected chi connectivity index (χ0v) is 21.9. The molecule has 0 fully saturated rings. The van der Waals surface area contributed by atoms with Gasteiger partial charge in [-0.05, 0) is 59.7 Å². The van der Waals surface area contributed by atoms with Gasteiger partial charge in [-0.3, -0.25) is 4.57 Å². The minimum atomic E-state index is 0.833. The lowest BCUT2D eigenvalue weighted by molar-refractivity contribution is 0.656. The quantitative estimate of drug-likeness (QED) is 0.230. The van der Waals surface area contributed by atoms with Crippen LogP contribution in [-0.2, 0) is 0 Å². The first-order valence-corrected chi connectivity index (χ1v) is 13.7. The van der Waals surface area contributed by atoms with Crippen molar-refractivity contribution in [1.82, 2.24) is 9.55 Å². The zero-order valence-electron chi connectivity index (χ0n) is 21.9. The largest absolute Gasteiger partial charge is 0.456 e. The van der Waals surface area contributed by atoms with E-state index in [2.05, 4.69) is 102 Å². The molecule has 0 saturated carbocycles. The van der Waals surface area contributed by atoms with Crippen LogP contribution in [0.2, 0.25) is 0 Å². The second-order valence-corrected chi connectivity index (χ2v) is 10.4. The third-order valence-electron chi connectivity index (χ3n) is 8.02. The number of aromatic nitrogens is 2. The van der Waals surface area contributed by atoms with Gasteiger partial charge in [0.1, 0.15) is 28.2 Å². The van der Waals surface area contributed by atoms with E-state index in [1.54, 1.807) is 0 Å². The van der Waals surface area contributed by atoms with Crippen molar-refractivity contribution in [3.63, 3.8) is 0 Å². The van der Waals surface area contributed by atoms with Crippen molar-refractivity contribution in [2.45, 2.75) is 0 Å². The van der Waals surface area contributed by atoms with Crippen molar-refractivity contribution in [2.24, 2.45) is 0 Å². The molecular formula is C37H22N2O2. The molecule has 0 aliphatic rings. The minimum Gasteiger partial charge on any atom is -0.456 e. The molecule has 9 aromatic rings. The van der Waals surface area contributed by atoms with Crippen LogP contribution < -0.4 is 0 Å². The molecular weight excluding hydrogens is 504 g/mol. The maximum Gasteiger partial charge on any atom is 0.145 e. The Morgan fingerprint density at radius 3 is 1.95 bits per heavy atom. The molecule has 4 nitrogen and oxygen atoms in total. The average molecular weight is 527 g/mol. The van der Waals surface area contributed by atoms with E-state index in [1.165, 1.54) is 0 Å². The second kappa shape index (κ2) is 8.44. The number of rotatable bonds is 3. The summed E-state index contributed by atoms with van der Waals surface area (Å²) in [6.45, 7) is 0. The predicted octanol–water partition coefficient (Wildman–Crippen LogP) is 10.2. The standard InChI is InChI=1S/C37H22N2O2/c1-2-8-24(9-3-1)37-38-31-11-5-6-12-32(31)39(37)26-17-14-23(15-18-26)25-16-19-34-28(20-25)30-21-29-27-10-4-7-13-33(27)40-35(29)22-36(30)41-34/h1-22H. The number of benzene rings is 6. The van der Waals surface area contributed by atoms with Gasteiger partial charge >= 0.3 is 0 Å². The molecule has 4 heteroatoms. The summed E-state index contributed by atoms with van der Waals surface area (Å²) in [4.78, 5) is 4.98. The van der Waals surface area contributed by atoms with Crippen molar-refractivity contribution < 1.29 is 8.83 Å². The van der Waals surface area contributed by atoms with E-state index in [0.717, 1.165) is 83.1 Å². The topological polar surface area (TPSA) is 44.1 Å². The van der Waals surface area contributed by atoms with Gasteiger partial charge < -0.3 is 8.83 Å². The van der Waals surface area contributed by atoms with Crippen molar-refractivity contribution in [3.8, 4) is 28.2 Å². The summed E-state index contributed by atoms with van der Waals surface area (Å²) in [7, 11) is 0. The lowest BCUT2D eigenvalue weighted by Gasteiger charge is -2.11. The Labute approximate surface area is 234 Å². The summed E-state index contributed by atoms with van der Waals surface area (Å²) >= 11 is 0. The van der Waals surface area contributed by atoms with Crippen LogP contribution in [0.25, 0.3) is 83.1 Å². The summed E-state index contributed by atoms with van der Waals surface area (Å²) in [5.41, 5.74) is 9.95. The molecule has 3 aromatic heterocycles. The van der Waals surface area contributed by atoms with Crippen LogP contribution in [0, 0.1) is 0 Å². The van der Waals surface area contributed by atoms with Crippen LogP contribution in [0.15, 0.2) is 142 Å². The number of para-hydroxylation sites is 3.